The van der Waals surface area contributed by atoms with E-state index in [2.05, 4.69) is 10.6 Å². The lowest BCUT2D eigenvalue weighted by Crippen LogP contribution is -2.53. The molecule has 0 saturated carbocycles. The molecule has 0 aromatic heterocycles. The van der Waals surface area contributed by atoms with Crippen molar-refractivity contribution in [3.05, 3.63) is 29.8 Å². The monoisotopic (exact) mass is 422 g/mol. The van der Waals surface area contributed by atoms with E-state index in [4.69, 9.17) is 26.4 Å². The Morgan fingerprint density at radius 1 is 1.25 bits per heavy atom. The van der Waals surface area contributed by atoms with Crippen LogP contribution in [0.4, 0.5) is 18.9 Å². The highest BCUT2D eigenvalue weighted by atomic mass is 32.1. The van der Waals surface area contributed by atoms with Gasteiger partial charge < -0.3 is 35.1 Å². The number of aliphatic hydroxyl groups is 2. The number of anilines is 1. The van der Waals surface area contributed by atoms with Gasteiger partial charge in [-0.15, -0.1) is 0 Å². The van der Waals surface area contributed by atoms with Crippen molar-refractivity contribution in [2.75, 3.05) is 11.9 Å². The summed E-state index contributed by atoms with van der Waals surface area (Å²) in [6.45, 7) is 2.88. The van der Waals surface area contributed by atoms with Crippen LogP contribution in [0.25, 0.3) is 0 Å². The van der Waals surface area contributed by atoms with Crippen molar-refractivity contribution in [3.63, 3.8) is 0 Å². The lowest BCUT2D eigenvalue weighted by Gasteiger charge is -2.29. The van der Waals surface area contributed by atoms with Crippen LogP contribution in [0.2, 0.25) is 0 Å². The maximum atomic E-state index is 12.6. The zero-order chi connectivity index (χ0) is 20.7. The zero-order valence-corrected chi connectivity index (χ0v) is 15.9. The Kier molecular flexibility index (Phi) is 5.86. The molecule has 1 aromatic rings. The molecular weight excluding hydrogens is 401 g/mol. The number of thiocarbonyl (C=S) groups is 1. The van der Waals surface area contributed by atoms with E-state index >= 15 is 0 Å². The van der Waals surface area contributed by atoms with Gasteiger partial charge in [-0.3, -0.25) is 0 Å². The third-order valence-corrected chi connectivity index (χ3v) is 4.64. The first-order chi connectivity index (χ1) is 13.0. The Bertz CT molecular complexity index is 716. The summed E-state index contributed by atoms with van der Waals surface area (Å²) in [5.74, 6) is -0.896. The van der Waals surface area contributed by atoms with Gasteiger partial charge in [-0.05, 0) is 50.3 Å². The van der Waals surface area contributed by atoms with Gasteiger partial charge in [0, 0.05) is 5.69 Å². The van der Waals surface area contributed by atoms with Crippen molar-refractivity contribution in [1.29, 1.82) is 0 Å². The number of hydrogen-bond acceptors (Lipinski definition) is 6. The standard InChI is InChI=1S/C17H21F3N2O5S/c1-16(2)26-13-11(12(10(24)7-23)25-14(13)27-16)22-15(28)21-9-5-3-8(4-6-9)17(18,19)20/h3-6,10-14,23-24H,7H2,1-2H3,(H2,21,22,28)/t10-,11+,12-,13-,14-/m1/s1. The van der Waals surface area contributed by atoms with Gasteiger partial charge in [-0.1, -0.05) is 0 Å². The minimum atomic E-state index is -4.42. The van der Waals surface area contributed by atoms with Gasteiger partial charge in [0.1, 0.15) is 18.3 Å². The predicted molar refractivity (Wildman–Crippen MR) is 96.4 cm³/mol. The molecule has 0 spiro atoms. The Morgan fingerprint density at radius 3 is 2.46 bits per heavy atom. The number of hydrogen-bond donors (Lipinski definition) is 4. The van der Waals surface area contributed by atoms with E-state index in [9.17, 15) is 23.4 Å². The number of ether oxygens (including phenoxy) is 3. The Morgan fingerprint density at radius 2 is 1.89 bits per heavy atom. The number of fused-ring (bicyclic) bond motifs is 1. The smallest absolute Gasteiger partial charge is 0.394 e. The highest BCUT2D eigenvalue weighted by molar-refractivity contribution is 7.80. The van der Waals surface area contributed by atoms with Crippen molar-refractivity contribution in [2.45, 2.75) is 56.5 Å². The molecule has 0 radical (unpaired) electrons. The third kappa shape index (κ3) is 4.56. The summed E-state index contributed by atoms with van der Waals surface area (Å²) in [5, 5.41) is 25.1. The normalized spacial score (nSPS) is 30.0. The van der Waals surface area contributed by atoms with Gasteiger partial charge in [0.25, 0.3) is 0 Å². The van der Waals surface area contributed by atoms with Crippen molar-refractivity contribution in [3.8, 4) is 0 Å². The molecule has 11 heteroatoms. The summed E-state index contributed by atoms with van der Waals surface area (Å²) in [6.07, 6.45) is -7.84. The molecule has 156 valence electrons. The van der Waals surface area contributed by atoms with Crippen LogP contribution in [0, 0.1) is 0 Å². The molecule has 0 unspecified atom stereocenters. The molecule has 2 heterocycles. The summed E-state index contributed by atoms with van der Waals surface area (Å²) in [7, 11) is 0. The van der Waals surface area contributed by atoms with Crippen LogP contribution in [-0.4, -0.2) is 58.4 Å². The average Bonchev–Trinajstić information content (AvgIpc) is 3.06. The van der Waals surface area contributed by atoms with Crippen LogP contribution < -0.4 is 10.6 Å². The topological polar surface area (TPSA) is 92.2 Å². The molecule has 0 bridgehead atoms. The van der Waals surface area contributed by atoms with E-state index in [1.54, 1.807) is 13.8 Å². The lowest BCUT2D eigenvalue weighted by molar-refractivity contribution is -0.218. The SMILES string of the molecule is CC1(C)O[C@H]2O[C@H]([C@H](O)CO)[C@H](NC(=S)Nc3ccc(C(F)(F)F)cc3)[C@H]2O1. The van der Waals surface area contributed by atoms with Crippen molar-refractivity contribution < 1.29 is 37.6 Å². The van der Waals surface area contributed by atoms with Gasteiger partial charge in [-0.2, -0.15) is 13.2 Å². The number of aliphatic hydroxyl groups excluding tert-OH is 2. The van der Waals surface area contributed by atoms with E-state index in [0.717, 1.165) is 12.1 Å². The molecular formula is C17H21F3N2O5S. The second-order valence-corrected chi connectivity index (χ2v) is 7.43. The predicted octanol–water partition coefficient (Wildman–Crippen LogP) is 1.59. The minimum Gasteiger partial charge on any atom is -0.394 e. The summed E-state index contributed by atoms with van der Waals surface area (Å²) >= 11 is 5.23. The van der Waals surface area contributed by atoms with Crippen LogP contribution in [0.15, 0.2) is 24.3 Å². The van der Waals surface area contributed by atoms with Gasteiger partial charge in [0.15, 0.2) is 17.2 Å². The molecule has 5 atom stereocenters. The first-order valence-electron chi connectivity index (χ1n) is 8.55. The van der Waals surface area contributed by atoms with Crippen molar-refractivity contribution in [2.24, 2.45) is 0 Å². The molecule has 2 saturated heterocycles. The van der Waals surface area contributed by atoms with Gasteiger partial charge in [0.05, 0.1) is 18.2 Å². The fourth-order valence-electron chi connectivity index (χ4n) is 3.19. The van der Waals surface area contributed by atoms with E-state index in [0.29, 0.717) is 5.69 Å². The Hall–Kier alpha value is -1.50. The molecule has 7 nitrogen and oxygen atoms in total. The average molecular weight is 422 g/mol. The van der Waals surface area contributed by atoms with Gasteiger partial charge >= 0.3 is 6.18 Å². The second-order valence-electron chi connectivity index (χ2n) is 7.02. The third-order valence-electron chi connectivity index (χ3n) is 4.42. The second kappa shape index (κ2) is 7.73. The molecule has 28 heavy (non-hydrogen) atoms. The van der Waals surface area contributed by atoms with Crippen LogP contribution >= 0.6 is 12.2 Å². The number of rotatable bonds is 4. The molecule has 3 rings (SSSR count). The fraction of sp³-hybridized carbons (Fsp3) is 0.588. The summed E-state index contributed by atoms with van der Waals surface area (Å²) in [5.41, 5.74) is -0.419. The summed E-state index contributed by atoms with van der Waals surface area (Å²) in [4.78, 5) is 0. The van der Waals surface area contributed by atoms with Crippen LogP contribution in [0.1, 0.15) is 19.4 Å². The summed E-state index contributed by atoms with van der Waals surface area (Å²) in [6, 6.07) is 3.73. The first-order valence-corrected chi connectivity index (χ1v) is 8.96. The Labute approximate surface area is 164 Å². The van der Waals surface area contributed by atoms with E-state index in [-0.39, 0.29) is 5.11 Å². The molecule has 2 aliphatic heterocycles. The molecule has 2 fully saturated rings. The van der Waals surface area contributed by atoms with E-state index in [1.807, 2.05) is 0 Å². The fourth-order valence-corrected chi connectivity index (χ4v) is 3.45. The largest absolute Gasteiger partial charge is 0.416 e. The van der Waals surface area contributed by atoms with Crippen molar-refractivity contribution >= 4 is 23.0 Å². The maximum absolute atomic E-state index is 12.6. The highest BCUT2D eigenvalue weighted by Crippen LogP contribution is 2.38. The molecule has 4 N–H and O–H groups in total. The highest BCUT2D eigenvalue weighted by Gasteiger charge is 2.56. The van der Waals surface area contributed by atoms with Crippen LogP contribution in [-0.2, 0) is 20.4 Å². The number of alkyl halides is 3. The minimum absolute atomic E-state index is 0.0949. The van der Waals surface area contributed by atoms with Gasteiger partial charge in [0.2, 0.25) is 0 Å². The summed E-state index contributed by atoms with van der Waals surface area (Å²) < 4.78 is 55.0. The zero-order valence-electron chi connectivity index (χ0n) is 15.1. The van der Waals surface area contributed by atoms with Crippen LogP contribution in [0.3, 0.4) is 0 Å². The number of benzene rings is 1. The van der Waals surface area contributed by atoms with E-state index < -0.39 is 54.8 Å². The quantitative estimate of drug-likeness (QED) is 0.544. The molecule has 0 amide bonds. The van der Waals surface area contributed by atoms with E-state index in [1.165, 1.54) is 12.1 Å². The Balaban J connectivity index is 1.68. The lowest BCUT2D eigenvalue weighted by atomic mass is 10.0. The van der Waals surface area contributed by atoms with Gasteiger partial charge in [-0.25, -0.2) is 0 Å². The number of halogens is 3. The first kappa shape index (κ1) is 21.2. The van der Waals surface area contributed by atoms with Crippen LogP contribution in [0.5, 0.6) is 0 Å². The van der Waals surface area contributed by atoms with Crippen molar-refractivity contribution in [1.82, 2.24) is 5.32 Å². The molecule has 0 aliphatic carbocycles. The molecule has 1 aromatic carbocycles. The number of nitrogens with one attached hydrogen (secondary N) is 2. The maximum Gasteiger partial charge on any atom is 0.416 e. The molecule has 2 aliphatic rings.